The number of anilines is 1. The average molecular weight is 369 g/mol. The number of amides is 1. The van der Waals surface area contributed by atoms with E-state index >= 15 is 0 Å². The SMILES string of the molecule is O=C(Nc1ccc(-n2cncn2)nc1)c1ccccc1C(=O)c1ccccc1. The van der Waals surface area contributed by atoms with Crippen molar-refractivity contribution in [3.05, 3.63) is 102 Å². The zero-order valence-corrected chi connectivity index (χ0v) is 14.7. The van der Waals surface area contributed by atoms with Crippen molar-refractivity contribution in [2.75, 3.05) is 5.32 Å². The number of carbonyl (C=O) groups excluding carboxylic acids is 2. The fraction of sp³-hybridized carbons (Fsp3) is 0. The van der Waals surface area contributed by atoms with Gasteiger partial charge in [0, 0.05) is 11.1 Å². The van der Waals surface area contributed by atoms with Crippen molar-refractivity contribution >= 4 is 17.4 Å². The summed E-state index contributed by atoms with van der Waals surface area (Å²) in [5.74, 6) is -0.00338. The van der Waals surface area contributed by atoms with Crippen LogP contribution in [0.2, 0.25) is 0 Å². The first-order valence-electron chi connectivity index (χ1n) is 8.53. The maximum Gasteiger partial charge on any atom is 0.256 e. The Kier molecular flexibility index (Phi) is 4.71. The third kappa shape index (κ3) is 3.54. The molecule has 2 aromatic carbocycles. The third-order valence-electron chi connectivity index (χ3n) is 4.11. The number of ketones is 1. The van der Waals surface area contributed by atoms with Gasteiger partial charge < -0.3 is 5.32 Å². The summed E-state index contributed by atoms with van der Waals surface area (Å²) in [6.07, 6.45) is 4.47. The molecule has 0 saturated heterocycles. The van der Waals surface area contributed by atoms with Gasteiger partial charge in [-0.25, -0.2) is 14.6 Å². The molecule has 4 rings (SSSR count). The quantitative estimate of drug-likeness (QED) is 0.546. The molecule has 0 saturated carbocycles. The zero-order chi connectivity index (χ0) is 19.3. The molecular weight excluding hydrogens is 354 g/mol. The minimum Gasteiger partial charge on any atom is -0.321 e. The van der Waals surface area contributed by atoms with Gasteiger partial charge in [0.05, 0.1) is 17.4 Å². The van der Waals surface area contributed by atoms with Gasteiger partial charge in [-0.2, -0.15) is 5.10 Å². The molecule has 7 heteroatoms. The number of nitrogens with one attached hydrogen (secondary N) is 1. The molecule has 1 N–H and O–H groups in total. The predicted molar refractivity (Wildman–Crippen MR) is 103 cm³/mol. The molecule has 0 atom stereocenters. The fourth-order valence-electron chi connectivity index (χ4n) is 2.74. The van der Waals surface area contributed by atoms with Crippen LogP contribution in [0.1, 0.15) is 26.3 Å². The van der Waals surface area contributed by atoms with Crippen LogP contribution in [0.25, 0.3) is 5.82 Å². The van der Waals surface area contributed by atoms with E-state index in [4.69, 9.17) is 0 Å². The smallest absolute Gasteiger partial charge is 0.256 e. The van der Waals surface area contributed by atoms with Gasteiger partial charge in [-0.15, -0.1) is 0 Å². The van der Waals surface area contributed by atoms with E-state index in [1.165, 1.54) is 23.5 Å². The Morgan fingerprint density at radius 3 is 2.29 bits per heavy atom. The maximum absolute atomic E-state index is 12.8. The summed E-state index contributed by atoms with van der Waals surface area (Å²) in [4.78, 5) is 33.7. The molecule has 0 bridgehead atoms. The Morgan fingerprint density at radius 1 is 0.857 bits per heavy atom. The lowest BCUT2D eigenvalue weighted by molar-refractivity contribution is 0.0996. The van der Waals surface area contributed by atoms with E-state index in [1.807, 2.05) is 6.07 Å². The lowest BCUT2D eigenvalue weighted by Crippen LogP contribution is -2.17. The number of hydrogen-bond donors (Lipinski definition) is 1. The number of hydrogen-bond acceptors (Lipinski definition) is 5. The number of nitrogens with zero attached hydrogens (tertiary/aromatic N) is 4. The monoisotopic (exact) mass is 369 g/mol. The molecule has 7 nitrogen and oxygen atoms in total. The van der Waals surface area contributed by atoms with Crippen LogP contribution in [0.3, 0.4) is 0 Å². The molecular formula is C21H15N5O2. The average Bonchev–Trinajstić information content (AvgIpc) is 3.29. The van der Waals surface area contributed by atoms with Gasteiger partial charge in [0.15, 0.2) is 11.6 Å². The van der Waals surface area contributed by atoms with Crippen LogP contribution >= 0.6 is 0 Å². The Morgan fingerprint density at radius 2 is 1.61 bits per heavy atom. The predicted octanol–water partition coefficient (Wildman–Crippen LogP) is 3.15. The van der Waals surface area contributed by atoms with Gasteiger partial charge in [0.1, 0.15) is 12.7 Å². The normalized spacial score (nSPS) is 10.4. The first kappa shape index (κ1) is 17.3. The van der Waals surface area contributed by atoms with E-state index in [2.05, 4.69) is 20.4 Å². The van der Waals surface area contributed by atoms with Crippen LogP contribution < -0.4 is 5.32 Å². The molecule has 0 unspecified atom stereocenters. The minimum absolute atomic E-state index is 0.203. The molecule has 28 heavy (non-hydrogen) atoms. The number of aromatic nitrogens is 4. The van der Waals surface area contributed by atoms with E-state index in [1.54, 1.807) is 60.7 Å². The third-order valence-corrected chi connectivity index (χ3v) is 4.11. The van der Waals surface area contributed by atoms with Crippen molar-refractivity contribution in [3.8, 4) is 5.82 Å². The fourth-order valence-corrected chi connectivity index (χ4v) is 2.74. The standard InChI is InChI=1S/C21H15N5O2/c27-20(15-6-2-1-3-7-15)17-8-4-5-9-18(17)21(28)25-16-10-11-19(23-12-16)26-14-22-13-24-26/h1-14H,(H,25,28). The molecule has 0 spiro atoms. The topological polar surface area (TPSA) is 89.8 Å². The van der Waals surface area contributed by atoms with Crippen molar-refractivity contribution in [1.29, 1.82) is 0 Å². The Balaban J connectivity index is 1.56. The van der Waals surface area contributed by atoms with E-state index in [0.29, 0.717) is 28.2 Å². The van der Waals surface area contributed by atoms with Gasteiger partial charge in [0.2, 0.25) is 0 Å². The van der Waals surface area contributed by atoms with Gasteiger partial charge in [0.25, 0.3) is 5.91 Å². The second kappa shape index (κ2) is 7.63. The molecule has 0 aliphatic carbocycles. The van der Waals surface area contributed by atoms with Gasteiger partial charge in [-0.1, -0.05) is 48.5 Å². The van der Waals surface area contributed by atoms with Gasteiger partial charge in [-0.05, 0) is 18.2 Å². The highest BCUT2D eigenvalue weighted by Crippen LogP contribution is 2.17. The first-order chi connectivity index (χ1) is 13.7. The van der Waals surface area contributed by atoms with Crippen LogP contribution in [0.5, 0.6) is 0 Å². The van der Waals surface area contributed by atoms with Crippen LogP contribution in [0.4, 0.5) is 5.69 Å². The van der Waals surface area contributed by atoms with E-state index < -0.39 is 0 Å². The Bertz CT molecular complexity index is 1110. The van der Waals surface area contributed by atoms with E-state index in [0.717, 1.165) is 0 Å². The number of pyridine rings is 1. The summed E-state index contributed by atoms with van der Waals surface area (Å²) >= 11 is 0. The highest BCUT2D eigenvalue weighted by molar-refractivity contribution is 6.17. The second-order valence-corrected chi connectivity index (χ2v) is 5.94. The number of rotatable bonds is 5. The summed E-state index contributed by atoms with van der Waals surface area (Å²) in [6, 6.07) is 19.0. The summed E-state index contributed by atoms with van der Waals surface area (Å²) in [5.41, 5.74) is 1.69. The summed E-state index contributed by atoms with van der Waals surface area (Å²) in [6.45, 7) is 0. The molecule has 2 aromatic heterocycles. The molecule has 136 valence electrons. The molecule has 0 radical (unpaired) electrons. The lowest BCUT2D eigenvalue weighted by Gasteiger charge is -2.10. The highest BCUT2D eigenvalue weighted by atomic mass is 16.2. The van der Waals surface area contributed by atoms with Gasteiger partial charge in [-0.3, -0.25) is 9.59 Å². The summed E-state index contributed by atoms with van der Waals surface area (Å²) < 4.78 is 1.51. The van der Waals surface area contributed by atoms with E-state index in [9.17, 15) is 9.59 Å². The Labute approximate surface area is 160 Å². The van der Waals surface area contributed by atoms with Crippen molar-refractivity contribution in [3.63, 3.8) is 0 Å². The van der Waals surface area contributed by atoms with Crippen molar-refractivity contribution < 1.29 is 9.59 Å². The maximum atomic E-state index is 12.8. The van der Waals surface area contributed by atoms with Crippen LogP contribution in [0, 0.1) is 0 Å². The molecule has 4 aromatic rings. The summed E-state index contributed by atoms with van der Waals surface area (Å²) in [5, 5.41) is 6.78. The van der Waals surface area contributed by atoms with Crippen molar-refractivity contribution in [1.82, 2.24) is 19.7 Å². The highest BCUT2D eigenvalue weighted by Gasteiger charge is 2.18. The number of benzene rings is 2. The Hall–Kier alpha value is -4.13. The summed E-state index contributed by atoms with van der Waals surface area (Å²) in [7, 11) is 0. The molecule has 0 fully saturated rings. The lowest BCUT2D eigenvalue weighted by atomic mass is 9.98. The first-order valence-corrected chi connectivity index (χ1v) is 8.53. The molecule has 0 aliphatic rings. The molecule has 1 amide bonds. The van der Waals surface area contributed by atoms with Crippen LogP contribution in [-0.4, -0.2) is 31.4 Å². The van der Waals surface area contributed by atoms with Gasteiger partial charge >= 0.3 is 0 Å². The van der Waals surface area contributed by atoms with Crippen molar-refractivity contribution in [2.24, 2.45) is 0 Å². The van der Waals surface area contributed by atoms with Crippen LogP contribution in [0.15, 0.2) is 85.6 Å². The van der Waals surface area contributed by atoms with Crippen molar-refractivity contribution in [2.45, 2.75) is 0 Å². The van der Waals surface area contributed by atoms with E-state index in [-0.39, 0.29) is 11.7 Å². The second-order valence-electron chi connectivity index (χ2n) is 5.94. The molecule has 0 aliphatic heterocycles. The molecule has 2 heterocycles. The number of carbonyl (C=O) groups is 2. The largest absolute Gasteiger partial charge is 0.321 e. The zero-order valence-electron chi connectivity index (χ0n) is 14.7. The minimum atomic E-state index is -0.379. The van der Waals surface area contributed by atoms with Crippen LogP contribution in [-0.2, 0) is 0 Å².